The minimum atomic E-state index is -0.940. The van der Waals surface area contributed by atoms with Gasteiger partial charge in [0.05, 0.1) is 65.6 Å². The number of amides is 1. The van der Waals surface area contributed by atoms with Crippen LogP contribution in [0.15, 0.2) is 53.1 Å². The molecular weight excluding hydrogens is 650 g/mol. The molecule has 5 fully saturated rings. The molecule has 0 radical (unpaired) electrons. The molecule has 0 bridgehead atoms. The molecule has 13 unspecified atom stereocenters. The van der Waals surface area contributed by atoms with Crippen molar-refractivity contribution in [1.29, 1.82) is 0 Å². The standard InChI is InChI=1S/C40H63N3O8/c1-8-9-10-11-15-32-38(5,46)18-16-29-30(47-32)17-19-39(6)34(48-29)22-31-36(51-39)27(44)23-40(7)33(49-31)20-26(4)28(50-40)14-12-13-24(2)25(3)21-35(45)43-37(41)42/h8-10,13,21,26-34,36,44,46H,1,11-12,14-20,22-23H2,2-7H3,(H4,41,42,43,45)/b10-9-,24-13+,25-21+. The van der Waals surface area contributed by atoms with Gasteiger partial charge in [-0.25, -0.2) is 0 Å². The Hall–Kier alpha value is -2.38. The zero-order valence-electron chi connectivity index (χ0n) is 31.6. The number of hydrogen-bond acceptors (Lipinski definition) is 8. The molecule has 0 aliphatic carbocycles. The number of nitrogens with zero attached hydrogens (tertiary/aromatic N) is 1. The molecule has 5 aliphatic heterocycles. The van der Waals surface area contributed by atoms with Crippen LogP contribution in [-0.2, 0) is 28.5 Å². The molecule has 13 atom stereocenters. The van der Waals surface area contributed by atoms with Crippen LogP contribution in [0.3, 0.4) is 0 Å². The first kappa shape index (κ1) is 39.8. The van der Waals surface area contributed by atoms with Crippen molar-refractivity contribution in [3.63, 3.8) is 0 Å². The van der Waals surface area contributed by atoms with Crippen molar-refractivity contribution in [2.24, 2.45) is 22.4 Å². The summed E-state index contributed by atoms with van der Waals surface area (Å²) in [4.78, 5) is 15.5. The van der Waals surface area contributed by atoms with Crippen LogP contribution in [0.25, 0.3) is 0 Å². The van der Waals surface area contributed by atoms with Gasteiger partial charge in [-0.1, -0.05) is 43.4 Å². The molecule has 11 heteroatoms. The van der Waals surface area contributed by atoms with Crippen LogP contribution in [0.1, 0.15) is 112 Å². The van der Waals surface area contributed by atoms with Gasteiger partial charge in [0.1, 0.15) is 6.10 Å². The Bertz CT molecular complexity index is 1370. The van der Waals surface area contributed by atoms with Crippen molar-refractivity contribution in [2.45, 2.75) is 184 Å². The smallest absolute Gasteiger partial charge is 0.273 e. The third-order valence-corrected chi connectivity index (χ3v) is 12.2. The van der Waals surface area contributed by atoms with Gasteiger partial charge in [-0.2, -0.15) is 4.99 Å². The lowest BCUT2D eigenvalue weighted by Gasteiger charge is -2.49. The second-order valence-electron chi connectivity index (χ2n) is 16.4. The number of aliphatic imine (C=N–C) groups is 1. The highest BCUT2D eigenvalue weighted by Crippen LogP contribution is 2.49. The van der Waals surface area contributed by atoms with Crippen molar-refractivity contribution >= 4 is 11.9 Å². The molecule has 0 aromatic rings. The van der Waals surface area contributed by atoms with Gasteiger partial charge >= 0.3 is 0 Å². The number of fused-ring (bicyclic) bond motifs is 4. The fourth-order valence-corrected chi connectivity index (χ4v) is 8.86. The van der Waals surface area contributed by atoms with E-state index in [2.05, 4.69) is 44.5 Å². The van der Waals surface area contributed by atoms with Crippen LogP contribution in [0.2, 0.25) is 0 Å². The van der Waals surface area contributed by atoms with Crippen LogP contribution in [-0.4, -0.2) is 93.8 Å². The third-order valence-electron chi connectivity index (χ3n) is 12.2. The zero-order chi connectivity index (χ0) is 37.1. The number of aliphatic hydroxyl groups excluding tert-OH is 1. The molecule has 0 spiro atoms. The van der Waals surface area contributed by atoms with Gasteiger partial charge in [0.25, 0.3) is 5.91 Å². The second-order valence-corrected chi connectivity index (χ2v) is 16.4. The number of hydrogen-bond donors (Lipinski definition) is 4. The lowest BCUT2D eigenvalue weighted by Crippen LogP contribution is -2.59. The van der Waals surface area contributed by atoms with Crippen molar-refractivity contribution in [2.75, 3.05) is 0 Å². The third kappa shape index (κ3) is 9.41. The Morgan fingerprint density at radius 1 is 0.922 bits per heavy atom. The predicted molar refractivity (Wildman–Crippen MR) is 197 cm³/mol. The number of carbonyl (C=O) groups is 1. The van der Waals surface area contributed by atoms with E-state index in [-0.39, 0.29) is 54.6 Å². The van der Waals surface area contributed by atoms with Gasteiger partial charge in [-0.3, -0.25) is 4.79 Å². The average molecular weight is 714 g/mol. The minimum absolute atomic E-state index is 0.0159. The second kappa shape index (κ2) is 16.3. The normalized spacial score (nSPS) is 43.4. The number of allylic oxidation sites excluding steroid dienone is 6. The first-order chi connectivity index (χ1) is 24.0. The summed E-state index contributed by atoms with van der Waals surface area (Å²) >= 11 is 0. The van der Waals surface area contributed by atoms with E-state index in [1.165, 1.54) is 6.08 Å². The Morgan fingerprint density at radius 2 is 1.61 bits per heavy atom. The summed E-state index contributed by atoms with van der Waals surface area (Å²) in [6.45, 7) is 15.8. The quantitative estimate of drug-likeness (QED) is 0.110. The van der Waals surface area contributed by atoms with E-state index in [1.807, 2.05) is 26.8 Å². The van der Waals surface area contributed by atoms with Crippen LogP contribution in [0.4, 0.5) is 0 Å². The van der Waals surface area contributed by atoms with E-state index >= 15 is 0 Å². The van der Waals surface area contributed by atoms with E-state index in [1.54, 1.807) is 6.08 Å². The maximum atomic E-state index is 12.0. The first-order valence-electron chi connectivity index (χ1n) is 19.0. The SMILES string of the molecule is C=C/C=C\CCC1OC2CCC3(C)OC4C(O)CC5(C)OC(CC/C=C(C)/C(C)=C/C(=O)N=C(N)N)C(C)CC5OC4CC3OC2CCC1(C)O. The summed E-state index contributed by atoms with van der Waals surface area (Å²) in [5.41, 5.74) is 10.2. The highest BCUT2D eigenvalue weighted by molar-refractivity contribution is 5.98. The van der Waals surface area contributed by atoms with E-state index < -0.39 is 34.9 Å². The molecule has 286 valence electrons. The molecule has 5 aliphatic rings. The molecular formula is C40H63N3O8. The number of nitrogens with two attached hydrogens (primary N) is 2. The molecule has 5 heterocycles. The molecule has 51 heavy (non-hydrogen) atoms. The number of carbonyl (C=O) groups excluding carboxylic acids is 1. The van der Waals surface area contributed by atoms with Gasteiger partial charge in [0.2, 0.25) is 0 Å². The number of rotatable bonds is 9. The Morgan fingerprint density at radius 3 is 2.33 bits per heavy atom. The maximum absolute atomic E-state index is 12.0. The largest absolute Gasteiger partial charge is 0.390 e. The molecule has 5 saturated heterocycles. The van der Waals surface area contributed by atoms with Crippen molar-refractivity contribution in [3.05, 3.63) is 48.1 Å². The molecule has 0 aromatic heterocycles. The molecule has 11 nitrogen and oxygen atoms in total. The summed E-state index contributed by atoms with van der Waals surface area (Å²) in [5, 5.41) is 23.1. The average Bonchev–Trinajstić information content (AvgIpc) is 3.30. The zero-order valence-corrected chi connectivity index (χ0v) is 31.6. The fourth-order valence-electron chi connectivity index (χ4n) is 8.86. The summed E-state index contributed by atoms with van der Waals surface area (Å²) in [5.74, 6) is -0.497. The number of aliphatic hydroxyl groups is 2. The summed E-state index contributed by atoms with van der Waals surface area (Å²) in [6, 6.07) is 0. The summed E-state index contributed by atoms with van der Waals surface area (Å²) in [7, 11) is 0. The number of ether oxygens (including phenoxy) is 5. The Kier molecular flexibility index (Phi) is 12.7. The Balaban J connectivity index is 1.24. The van der Waals surface area contributed by atoms with Gasteiger partial charge < -0.3 is 45.4 Å². The van der Waals surface area contributed by atoms with Crippen molar-refractivity contribution in [3.8, 4) is 0 Å². The van der Waals surface area contributed by atoms with Crippen LogP contribution >= 0.6 is 0 Å². The number of guanidine groups is 1. The fraction of sp³-hybridized carbons (Fsp3) is 0.750. The highest BCUT2D eigenvalue weighted by atomic mass is 16.6. The van der Waals surface area contributed by atoms with Crippen molar-refractivity contribution < 1.29 is 38.7 Å². The molecule has 0 aromatic carbocycles. The van der Waals surface area contributed by atoms with Crippen molar-refractivity contribution in [1.82, 2.24) is 0 Å². The van der Waals surface area contributed by atoms with Crippen LogP contribution in [0.5, 0.6) is 0 Å². The monoisotopic (exact) mass is 713 g/mol. The van der Waals surface area contributed by atoms with Gasteiger partial charge in [-0.05, 0) is 104 Å². The summed E-state index contributed by atoms with van der Waals surface area (Å²) < 4.78 is 34.2. The van der Waals surface area contributed by atoms with E-state index in [4.69, 9.17) is 35.2 Å². The first-order valence-corrected chi connectivity index (χ1v) is 19.0. The minimum Gasteiger partial charge on any atom is -0.390 e. The Labute approximate surface area is 304 Å². The van der Waals surface area contributed by atoms with E-state index in [0.29, 0.717) is 25.7 Å². The topological polar surface area (TPSA) is 168 Å². The van der Waals surface area contributed by atoms with E-state index in [0.717, 1.165) is 56.1 Å². The lowest BCUT2D eigenvalue weighted by atomic mass is 9.79. The molecule has 6 N–H and O–H groups in total. The molecule has 0 saturated carbocycles. The molecule has 1 amide bonds. The van der Waals surface area contributed by atoms with Gasteiger partial charge in [0, 0.05) is 18.9 Å². The van der Waals surface area contributed by atoms with Crippen LogP contribution < -0.4 is 11.5 Å². The van der Waals surface area contributed by atoms with E-state index in [9.17, 15) is 15.0 Å². The predicted octanol–water partition coefficient (Wildman–Crippen LogP) is 5.08. The summed E-state index contributed by atoms with van der Waals surface area (Å²) in [6.07, 6.45) is 14.4. The lowest BCUT2D eigenvalue weighted by molar-refractivity contribution is -0.273. The highest BCUT2D eigenvalue weighted by Gasteiger charge is 2.58. The van der Waals surface area contributed by atoms with Gasteiger partial charge in [0.15, 0.2) is 5.96 Å². The van der Waals surface area contributed by atoms with Crippen LogP contribution in [0, 0.1) is 5.92 Å². The maximum Gasteiger partial charge on any atom is 0.273 e. The van der Waals surface area contributed by atoms with Gasteiger partial charge in [-0.15, -0.1) is 0 Å². The molecule has 5 rings (SSSR count).